The zero-order valence-corrected chi connectivity index (χ0v) is 16.1. The zero-order chi connectivity index (χ0) is 20.3. The van der Waals surface area contributed by atoms with E-state index in [4.69, 9.17) is 14.9 Å². The number of ether oxygens (including phenoxy) is 1. The number of anilines is 2. The molecule has 0 aliphatic carbocycles. The van der Waals surface area contributed by atoms with E-state index in [9.17, 15) is 13.2 Å². The fourth-order valence-corrected chi connectivity index (χ4v) is 4.69. The smallest absolute Gasteiger partial charge is 0.409 e. The van der Waals surface area contributed by atoms with Gasteiger partial charge >= 0.3 is 6.09 Å². The fourth-order valence-electron chi connectivity index (χ4n) is 3.08. The quantitative estimate of drug-likeness (QED) is 0.630. The summed E-state index contributed by atoms with van der Waals surface area (Å²) in [6.45, 7) is 2.18. The number of carbonyl (C=O) groups is 1. The molecule has 1 amide bonds. The topological polar surface area (TPSA) is 134 Å². The molecule has 0 fully saturated rings. The van der Waals surface area contributed by atoms with Crippen molar-refractivity contribution in [2.24, 2.45) is 0 Å². The average Bonchev–Trinajstić information content (AvgIpc) is 3.09. The molecule has 1 aliphatic rings. The minimum absolute atomic E-state index is 0.0668. The number of aryl methyl sites for hydroxylation is 2. The Morgan fingerprint density at radius 3 is 2.86 bits per heavy atom. The summed E-state index contributed by atoms with van der Waals surface area (Å²) in [5.41, 5.74) is 1.52. The Morgan fingerprint density at radius 2 is 2.18 bits per heavy atom. The van der Waals surface area contributed by atoms with Crippen molar-refractivity contribution in [3.05, 3.63) is 30.0 Å². The lowest BCUT2D eigenvalue weighted by Crippen LogP contribution is -2.35. The van der Waals surface area contributed by atoms with Gasteiger partial charge in [0.2, 0.25) is 0 Å². The third-order valence-electron chi connectivity index (χ3n) is 4.33. The molecule has 0 saturated carbocycles. The van der Waals surface area contributed by atoms with Gasteiger partial charge in [-0.2, -0.15) is 0 Å². The third-order valence-corrected chi connectivity index (χ3v) is 6.13. The van der Waals surface area contributed by atoms with E-state index >= 15 is 0 Å². The Labute approximate surface area is 162 Å². The Bertz CT molecular complexity index is 972. The largest absolute Gasteiger partial charge is 0.473 e. The lowest BCUT2D eigenvalue weighted by Gasteiger charge is -2.30. The van der Waals surface area contributed by atoms with E-state index in [0.29, 0.717) is 25.1 Å². The molecule has 2 aromatic rings. The second kappa shape index (κ2) is 8.07. The molecule has 0 bridgehead atoms. The maximum absolute atomic E-state index is 13.4. The van der Waals surface area contributed by atoms with Gasteiger partial charge in [0, 0.05) is 25.0 Å². The van der Waals surface area contributed by atoms with Crippen LogP contribution in [0, 0.1) is 0 Å². The standard InChI is InChI=1S/C17H22N4O6S/c1-2-20-11-15(16(19-20)27-9-8-22)28(25,26)21-7-3-4-12-5-6-13(10-14(12)21)18-17(23)24/h5-6,10-11,18,22H,2-4,7-9H2,1H3,(H,23,24). The molecule has 1 aromatic carbocycles. The first-order chi connectivity index (χ1) is 13.4. The zero-order valence-electron chi connectivity index (χ0n) is 15.3. The molecule has 1 aromatic heterocycles. The van der Waals surface area contributed by atoms with E-state index in [2.05, 4.69) is 10.4 Å². The fraction of sp³-hybridized carbons (Fsp3) is 0.412. The number of nitrogens with one attached hydrogen (secondary N) is 1. The molecule has 0 saturated heterocycles. The van der Waals surface area contributed by atoms with Gasteiger partial charge in [-0.25, -0.2) is 13.2 Å². The number of amides is 1. The van der Waals surface area contributed by atoms with Crippen molar-refractivity contribution in [1.29, 1.82) is 0 Å². The predicted molar refractivity (Wildman–Crippen MR) is 101 cm³/mol. The van der Waals surface area contributed by atoms with Gasteiger partial charge in [-0.15, -0.1) is 5.10 Å². The minimum Gasteiger partial charge on any atom is -0.473 e. The van der Waals surface area contributed by atoms with Crippen LogP contribution in [0.2, 0.25) is 0 Å². The van der Waals surface area contributed by atoms with Crippen LogP contribution in [0.1, 0.15) is 18.9 Å². The first kappa shape index (κ1) is 20.0. The summed E-state index contributed by atoms with van der Waals surface area (Å²) >= 11 is 0. The van der Waals surface area contributed by atoms with E-state index in [-0.39, 0.29) is 36.2 Å². The van der Waals surface area contributed by atoms with Crippen LogP contribution in [0.5, 0.6) is 5.88 Å². The van der Waals surface area contributed by atoms with Crippen LogP contribution in [0.15, 0.2) is 29.3 Å². The monoisotopic (exact) mass is 410 g/mol. The number of rotatable bonds is 7. The molecular weight excluding hydrogens is 388 g/mol. The molecule has 28 heavy (non-hydrogen) atoms. The van der Waals surface area contributed by atoms with Gasteiger partial charge < -0.3 is 14.9 Å². The van der Waals surface area contributed by atoms with Crippen LogP contribution in [-0.2, 0) is 23.0 Å². The first-order valence-corrected chi connectivity index (χ1v) is 10.3. The lowest BCUT2D eigenvalue weighted by atomic mass is 10.0. The molecular formula is C17H22N4O6S. The van der Waals surface area contributed by atoms with Gasteiger partial charge in [0.05, 0.1) is 12.3 Å². The highest BCUT2D eigenvalue weighted by atomic mass is 32.2. The molecule has 10 nitrogen and oxygen atoms in total. The van der Waals surface area contributed by atoms with E-state index in [0.717, 1.165) is 5.56 Å². The number of sulfonamides is 1. The van der Waals surface area contributed by atoms with Crippen LogP contribution in [0.3, 0.4) is 0 Å². The van der Waals surface area contributed by atoms with Crippen LogP contribution >= 0.6 is 0 Å². The summed E-state index contributed by atoms with van der Waals surface area (Å²) in [6.07, 6.45) is 1.49. The van der Waals surface area contributed by atoms with Crippen LogP contribution in [0.25, 0.3) is 0 Å². The van der Waals surface area contributed by atoms with E-state index in [1.807, 2.05) is 6.92 Å². The second-order valence-electron chi connectivity index (χ2n) is 6.18. The Morgan fingerprint density at radius 1 is 1.39 bits per heavy atom. The van der Waals surface area contributed by atoms with E-state index in [1.54, 1.807) is 12.1 Å². The van der Waals surface area contributed by atoms with Gasteiger partial charge in [-0.1, -0.05) is 6.07 Å². The van der Waals surface area contributed by atoms with Crippen molar-refractivity contribution in [3.8, 4) is 5.88 Å². The van der Waals surface area contributed by atoms with Crippen molar-refractivity contribution >= 4 is 27.5 Å². The molecule has 0 atom stereocenters. The number of aromatic nitrogens is 2. The lowest BCUT2D eigenvalue weighted by molar-refractivity contribution is 0.192. The maximum atomic E-state index is 13.4. The highest BCUT2D eigenvalue weighted by Crippen LogP contribution is 2.36. The second-order valence-corrected chi connectivity index (χ2v) is 8.01. The maximum Gasteiger partial charge on any atom is 0.409 e. The van der Waals surface area contributed by atoms with Crippen LogP contribution < -0.4 is 14.4 Å². The highest BCUT2D eigenvalue weighted by molar-refractivity contribution is 7.93. The average molecular weight is 410 g/mol. The molecule has 0 unspecified atom stereocenters. The molecule has 3 N–H and O–H groups in total. The van der Waals surface area contributed by atoms with Gasteiger partial charge in [-0.3, -0.25) is 14.3 Å². The van der Waals surface area contributed by atoms with E-state index < -0.39 is 16.1 Å². The van der Waals surface area contributed by atoms with Crippen molar-refractivity contribution < 1.29 is 28.2 Å². The number of hydrogen-bond acceptors (Lipinski definition) is 6. The van der Waals surface area contributed by atoms with Crippen molar-refractivity contribution in [2.75, 3.05) is 29.4 Å². The summed E-state index contributed by atoms with van der Waals surface area (Å²) in [4.78, 5) is 10.8. The Balaban J connectivity index is 2.04. The normalized spacial score (nSPS) is 13.9. The van der Waals surface area contributed by atoms with Gasteiger partial charge in [0.25, 0.3) is 15.9 Å². The van der Waals surface area contributed by atoms with Gasteiger partial charge in [0.15, 0.2) is 4.90 Å². The van der Waals surface area contributed by atoms with Crippen molar-refractivity contribution in [2.45, 2.75) is 31.2 Å². The van der Waals surface area contributed by atoms with Gasteiger partial charge in [0.1, 0.15) is 6.61 Å². The number of benzene rings is 1. The number of aliphatic hydroxyl groups is 1. The molecule has 1 aliphatic heterocycles. The highest BCUT2D eigenvalue weighted by Gasteiger charge is 2.34. The molecule has 3 rings (SSSR count). The minimum atomic E-state index is -4.00. The summed E-state index contributed by atoms with van der Waals surface area (Å²) < 4.78 is 34.8. The van der Waals surface area contributed by atoms with Gasteiger partial charge in [-0.05, 0) is 37.5 Å². The number of carboxylic acid groups (broad SMARTS) is 1. The summed E-state index contributed by atoms with van der Waals surface area (Å²) in [7, 11) is -4.00. The SMILES string of the molecule is CCn1cc(S(=O)(=O)N2CCCc3ccc(NC(=O)O)cc32)c(OCCO)n1. The Kier molecular flexibility index (Phi) is 5.75. The van der Waals surface area contributed by atoms with Crippen LogP contribution in [-0.4, -0.2) is 54.3 Å². The third kappa shape index (κ3) is 3.90. The number of aliphatic hydroxyl groups excluding tert-OH is 1. The summed E-state index contributed by atoms with van der Waals surface area (Å²) in [5.74, 6) is -0.0668. The number of hydrogen-bond donors (Lipinski definition) is 3. The molecule has 11 heteroatoms. The van der Waals surface area contributed by atoms with Crippen molar-refractivity contribution in [1.82, 2.24) is 9.78 Å². The molecule has 0 radical (unpaired) electrons. The predicted octanol–water partition coefficient (Wildman–Crippen LogP) is 1.51. The number of nitrogens with zero attached hydrogens (tertiary/aromatic N) is 3. The van der Waals surface area contributed by atoms with Crippen LogP contribution in [0.4, 0.5) is 16.2 Å². The summed E-state index contributed by atoms with van der Waals surface area (Å²) in [6, 6.07) is 4.84. The Hall–Kier alpha value is -2.79. The first-order valence-electron chi connectivity index (χ1n) is 8.83. The molecule has 2 heterocycles. The summed E-state index contributed by atoms with van der Waals surface area (Å²) in [5, 5.41) is 24.3. The molecule has 0 spiro atoms. The molecule has 152 valence electrons. The van der Waals surface area contributed by atoms with Crippen molar-refractivity contribution in [3.63, 3.8) is 0 Å². The van der Waals surface area contributed by atoms with E-state index in [1.165, 1.54) is 21.3 Å². The number of fused-ring (bicyclic) bond motifs is 1.